The van der Waals surface area contributed by atoms with Crippen LogP contribution in [0.15, 0.2) is 43.0 Å². The molecule has 220 valence electrons. The maximum Gasteiger partial charge on any atom is 0.192 e. The van der Waals surface area contributed by atoms with Crippen molar-refractivity contribution in [3.05, 3.63) is 48.6 Å². The predicted molar refractivity (Wildman–Crippen MR) is 157 cm³/mol. The van der Waals surface area contributed by atoms with Gasteiger partial charge in [0.1, 0.15) is 17.8 Å². The second-order valence-electron chi connectivity index (χ2n) is 12.3. The summed E-state index contributed by atoms with van der Waals surface area (Å²) in [7, 11) is -1.85. The zero-order valence-electron chi connectivity index (χ0n) is 25.5. The molecule has 0 N–H and O–H groups in total. The molecule has 3 saturated heterocycles. The molecule has 0 bridgehead atoms. The highest BCUT2D eigenvalue weighted by Crippen LogP contribution is 2.52. The summed E-state index contributed by atoms with van der Waals surface area (Å²) in [4.78, 5) is 0. The molecular weight excluding hydrogens is 508 g/mol. The monoisotopic (exact) mass is 560 g/mol. The van der Waals surface area contributed by atoms with Crippen molar-refractivity contribution < 1.29 is 28.1 Å². The number of hydrogen-bond donors (Lipinski definition) is 0. The Balaban J connectivity index is 1.59. The van der Waals surface area contributed by atoms with Gasteiger partial charge in [0.05, 0.1) is 24.9 Å². The molecule has 9 atom stereocenters. The molecular formula is C32H52O6Si. The first-order chi connectivity index (χ1) is 18.6. The van der Waals surface area contributed by atoms with E-state index in [1.54, 1.807) is 0 Å². The first-order valence-corrected chi connectivity index (χ1v) is 17.7. The summed E-state index contributed by atoms with van der Waals surface area (Å²) in [5.74, 6) is -0.258. The van der Waals surface area contributed by atoms with Crippen LogP contribution in [0.3, 0.4) is 0 Å². The Morgan fingerprint density at radius 1 is 1.03 bits per heavy atom. The van der Waals surface area contributed by atoms with Crippen LogP contribution in [0.4, 0.5) is 0 Å². The number of hydrogen-bond acceptors (Lipinski definition) is 6. The zero-order chi connectivity index (χ0) is 28.4. The molecule has 4 rings (SSSR count). The van der Waals surface area contributed by atoms with Gasteiger partial charge in [-0.25, -0.2) is 0 Å². The Kier molecular flexibility index (Phi) is 9.85. The van der Waals surface area contributed by atoms with Crippen LogP contribution in [-0.2, 0) is 34.7 Å². The number of benzene rings is 1. The number of fused-ring (bicyclic) bond motifs is 1. The van der Waals surface area contributed by atoms with Crippen LogP contribution in [0.25, 0.3) is 0 Å². The second kappa shape index (κ2) is 12.4. The van der Waals surface area contributed by atoms with Crippen molar-refractivity contribution in [2.75, 3.05) is 0 Å². The van der Waals surface area contributed by atoms with Crippen LogP contribution < -0.4 is 0 Å². The van der Waals surface area contributed by atoms with E-state index in [1.165, 1.54) is 0 Å². The van der Waals surface area contributed by atoms with Crippen LogP contribution in [0.5, 0.6) is 0 Å². The molecule has 3 fully saturated rings. The molecule has 0 radical (unpaired) electrons. The van der Waals surface area contributed by atoms with Crippen LogP contribution in [0.2, 0.25) is 18.1 Å². The van der Waals surface area contributed by atoms with E-state index >= 15 is 0 Å². The van der Waals surface area contributed by atoms with Gasteiger partial charge < -0.3 is 28.1 Å². The van der Waals surface area contributed by atoms with E-state index in [-0.39, 0.29) is 42.4 Å². The standard InChI is InChI=1S/C32H52O6Si/c1-10-22(6)26(38-39(12-3,13-4)14-5)25-20-23(7)28(34-25)32(11-2)29-27(35-31(8,9)36-29)30(37-32)33-21-24-18-16-15-17-19-24/h10,15-19,22-23,25-30H,1,11-14,20-21H2,2-9H3/t22-,23-,25+,26-,27-,28+,29+,30-,32+/m0/s1. The van der Waals surface area contributed by atoms with Gasteiger partial charge in [0, 0.05) is 5.92 Å². The molecule has 0 aliphatic carbocycles. The lowest BCUT2D eigenvalue weighted by Crippen LogP contribution is -2.54. The highest BCUT2D eigenvalue weighted by atomic mass is 28.4. The largest absolute Gasteiger partial charge is 0.411 e. The summed E-state index contributed by atoms with van der Waals surface area (Å²) in [6.45, 7) is 22.0. The molecule has 3 heterocycles. The highest BCUT2D eigenvalue weighted by molar-refractivity contribution is 6.73. The minimum Gasteiger partial charge on any atom is -0.411 e. The first-order valence-electron chi connectivity index (χ1n) is 15.2. The summed E-state index contributed by atoms with van der Waals surface area (Å²) < 4.78 is 40.3. The number of rotatable bonds is 13. The SMILES string of the molecule is C=C[C@H](C)[C@H](O[Si](CC)(CC)CC)[C@H]1C[C@H](C)[C@H]([C@@]2(CC)O[C@H](OCc3ccccc3)[C@H]3OC(C)(C)O[C@H]32)O1. The fourth-order valence-corrected chi connectivity index (χ4v) is 9.88. The molecule has 7 heteroatoms. The third kappa shape index (κ3) is 6.10. The lowest BCUT2D eigenvalue weighted by atomic mass is 9.80. The molecule has 1 aromatic rings. The van der Waals surface area contributed by atoms with E-state index in [1.807, 2.05) is 38.1 Å². The van der Waals surface area contributed by atoms with Crippen LogP contribution in [0, 0.1) is 11.8 Å². The molecule has 1 aromatic carbocycles. The Morgan fingerprint density at radius 2 is 1.69 bits per heavy atom. The third-order valence-corrected chi connectivity index (χ3v) is 14.2. The van der Waals surface area contributed by atoms with Gasteiger partial charge in [-0.2, -0.15) is 0 Å². The summed E-state index contributed by atoms with van der Waals surface area (Å²) in [5, 5.41) is 0. The molecule has 39 heavy (non-hydrogen) atoms. The highest BCUT2D eigenvalue weighted by Gasteiger charge is 2.67. The van der Waals surface area contributed by atoms with E-state index in [4.69, 9.17) is 28.1 Å². The van der Waals surface area contributed by atoms with E-state index in [9.17, 15) is 0 Å². The van der Waals surface area contributed by atoms with Gasteiger partial charge in [0.15, 0.2) is 20.4 Å². The fourth-order valence-electron chi connectivity index (χ4n) is 6.93. The summed E-state index contributed by atoms with van der Waals surface area (Å²) >= 11 is 0. The predicted octanol–water partition coefficient (Wildman–Crippen LogP) is 7.23. The second-order valence-corrected chi connectivity index (χ2v) is 17.1. The molecule has 0 unspecified atom stereocenters. The fraction of sp³-hybridized carbons (Fsp3) is 0.750. The number of ether oxygens (including phenoxy) is 5. The first kappa shape index (κ1) is 30.9. The van der Waals surface area contributed by atoms with Crippen molar-refractivity contribution >= 4 is 8.32 Å². The normalized spacial score (nSPS) is 35.6. The minimum absolute atomic E-state index is 0.0186. The van der Waals surface area contributed by atoms with Crippen molar-refractivity contribution in [2.24, 2.45) is 11.8 Å². The van der Waals surface area contributed by atoms with Gasteiger partial charge in [0.25, 0.3) is 0 Å². The van der Waals surface area contributed by atoms with Crippen molar-refractivity contribution in [1.82, 2.24) is 0 Å². The Morgan fingerprint density at radius 3 is 2.28 bits per heavy atom. The lowest BCUT2D eigenvalue weighted by molar-refractivity contribution is -0.281. The average Bonchev–Trinajstić information content (AvgIpc) is 3.58. The topological polar surface area (TPSA) is 55.4 Å². The van der Waals surface area contributed by atoms with Crippen LogP contribution in [-0.4, -0.2) is 56.5 Å². The molecule has 0 amide bonds. The van der Waals surface area contributed by atoms with E-state index in [2.05, 4.69) is 60.3 Å². The van der Waals surface area contributed by atoms with Crippen molar-refractivity contribution in [2.45, 2.75) is 141 Å². The Bertz CT molecular complexity index is 928. The average molecular weight is 561 g/mol. The van der Waals surface area contributed by atoms with Gasteiger partial charge in [0.2, 0.25) is 0 Å². The summed E-state index contributed by atoms with van der Waals surface area (Å²) in [6.07, 6.45) is 2.33. The molecule has 3 aliphatic rings. The van der Waals surface area contributed by atoms with Gasteiger partial charge in [-0.15, -0.1) is 6.58 Å². The molecule has 0 spiro atoms. The summed E-state index contributed by atoms with van der Waals surface area (Å²) in [5.41, 5.74) is 0.425. The molecule has 0 aromatic heterocycles. The summed E-state index contributed by atoms with van der Waals surface area (Å²) in [6, 6.07) is 13.5. The Labute approximate surface area is 237 Å². The van der Waals surface area contributed by atoms with Crippen LogP contribution >= 0.6 is 0 Å². The quantitative estimate of drug-likeness (QED) is 0.187. The van der Waals surface area contributed by atoms with Gasteiger partial charge in [-0.05, 0) is 56.3 Å². The molecule has 6 nitrogen and oxygen atoms in total. The van der Waals surface area contributed by atoms with E-state index in [0.717, 1.165) is 36.5 Å². The minimum atomic E-state index is -1.85. The van der Waals surface area contributed by atoms with Crippen molar-refractivity contribution in [1.29, 1.82) is 0 Å². The van der Waals surface area contributed by atoms with Crippen molar-refractivity contribution in [3.8, 4) is 0 Å². The molecule has 3 aliphatic heterocycles. The van der Waals surface area contributed by atoms with E-state index in [0.29, 0.717) is 6.61 Å². The molecule has 0 saturated carbocycles. The van der Waals surface area contributed by atoms with E-state index < -0.39 is 26.0 Å². The third-order valence-electron chi connectivity index (χ3n) is 9.52. The maximum atomic E-state index is 7.10. The van der Waals surface area contributed by atoms with Crippen molar-refractivity contribution in [3.63, 3.8) is 0 Å². The van der Waals surface area contributed by atoms with Crippen LogP contribution in [0.1, 0.15) is 73.8 Å². The van der Waals surface area contributed by atoms with Gasteiger partial charge in [-0.3, -0.25) is 0 Å². The van der Waals surface area contributed by atoms with Gasteiger partial charge in [-0.1, -0.05) is 78.0 Å². The smallest absolute Gasteiger partial charge is 0.192 e. The maximum absolute atomic E-state index is 7.10. The zero-order valence-corrected chi connectivity index (χ0v) is 26.5. The van der Waals surface area contributed by atoms with Gasteiger partial charge >= 0.3 is 0 Å². The Hall–Kier alpha value is -1.06. The lowest BCUT2D eigenvalue weighted by Gasteiger charge is -2.41.